The van der Waals surface area contributed by atoms with Gasteiger partial charge >= 0.3 is 0 Å². The van der Waals surface area contributed by atoms with E-state index in [0.29, 0.717) is 58.3 Å². The van der Waals surface area contributed by atoms with Crippen LogP contribution in [-0.2, 0) is 16.1 Å². The fourth-order valence-electron chi connectivity index (χ4n) is 8.37. The van der Waals surface area contributed by atoms with Crippen molar-refractivity contribution in [1.82, 2.24) is 30.8 Å². The molecule has 0 radical (unpaired) electrons. The first-order valence-corrected chi connectivity index (χ1v) is 20.0. The van der Waals surface area contributed by atoms with Crippen LogP contribution in [0.15, 0.2) is 48.8 Å². The van der Waals surface area contributed by atoms with Crippen LogP contribution in [-0.4, -0.2) is 88.5 Å². The molecule has 15 heteroatoms. The highest BCUT2D eigenvalue weighted by Crippen LogP contribution is 2.33. The van der Waals surface area contributed by atoms with Gasteiger partial charge in [0.2, 0.25) is 11.8 Å². The highest BCUT2D eigenvalue weighted by molar-refractivity contribution is 6.31. The fraction of sp³-hybridized carbons (Fsp3) is 0.488. The van der Waals surface area contributed by atoms with Gasteiger partial charge in [0.05, 0.1) is 29.1 Å². The zero-order valence-corrected chi connectivity index (χ0v) is 31.8. The van der Waals surface area contributed by atoms with Gasteiger partial charge in [-0.3, -0.25) is 24.5 Å². The third kappa shape index (κ3) is 8.44. The minimum atomic E-state index is -0.627. The van der Waals surface area contributed by atoms with Crippen molar-refractivity contribution < 1.29 is 28.7 Å². The highest BCUT2D eigenvalue weighted by atomic mass is 35.5. The Morgan fingerprint density at radius 3 is 2.38 bits per heavy atom. The van der Waals surface area contributed by atoms with Crippen LogP contribution in [0.25, 0.3) is 0 Å². The third-order valence-electron chi connectivity index (χ3n) is 11.8. The summed E-state index contributed by atoms with van der Waals surface area (Å²) in [7, 11) is 0. The number of nitrogens with zero attached hydrogens (tertiary/aromatic N) is 5. The first kappa shape index (κ1) is 37.7. The van der Waals surface area contributed by atoms with Gasteiger partial charge in [0.25, 0.3) is 11.8 Å². The summed E-state index contributed by atoms with van der Waals surface area (Å²) in [5.41, 5.74) is 2.15. The normalized spacial score (nSPS) is 25.1. The Labute approximate surface area is 330 Å². The molecule has 5 aliphatic rings. The Morgan fingerprint density at radius 1 is 0.911 bits per heavy atom. The fourth-order valence-corrected chi connectivity index (χ4v) is 8.58. The molecule has 0 bridgehead atoms. The molecule has 3 N–H and O–H groups in total. The molecule has 292 valence electrons. The number of anilines is 1. The minimum absolute atomic E-state index is 0.0260. The number of nitriles is 1. The summed E-state index contributed by atoms with van der Waals surface area (Å²) < 4.78 is 12.3. The van der Waals surface area contributed by atoms with Gasteiger partial charge in [-0.1, -0.05) is 17.7 Å². The maximum absolute atomic E-state index is 13.2. The standard InChI is InChI=1S/C41H45ClN8O6/c42-34-18-31(5-1-25(34)19-43)55-29-7-3-27(4-8-29)47-39(52)35-21-46-37(22-45-35)49-13-11-24(12-14-49)20-44-28-15-32(16-28)56-30-6-2-26-23-50(41(54)33(26)17-30)36-9-10-38(51)48-40(36)53/h1-2,5-6,17-18,21-22,24,27-29,32,36,44H,3-4,7-16,20,23H2,(H,47,52)(H,48,51,53). The molecular weight excluding hydrogens is 736 g/mol. The van der Waals surface area contributed by atoms with Crippen LogP contribution in [0.5, 0.6) is 11.5 Å². The van der Waals surface area contributed by atoms with Crippen molar-refractivity contribution in [2.45, 2.75) is 101 Å². The molecule has 2 saturated heterocycles. The minimum Gasteiger partial charge on any atom is -0.490 e. The van der Waals surface area contributed by atoms with Crippen LogP contribution in [0, 0.1) is 17.2 Å². The maximum atomic E-state index is 13.2. The van der Waals surface area contributed by atoms with Gasteiger partial charge < -0.3 is 29.9 Å². The van der Waals surface area contributed by atoms with E-state index in [4.69, 9.17) is 26.3 Å². The number of carbonyl (C=O) groups excluding carboxylic acids is 4. The first-order valence-electron chi connectivity index (χ1n) is 19.6. The lowest BCUT2D eigenvalue weighted by molar-refractivity contribution is -0.136. The molecule has 3 aromatic rings. The SMILES string of the molecule is N#Cc1ccc(OC2CCC(NC(=O)c3cnc(N4CCC(CNC5CC(Oc6ccc7c(c6)C(=O)N(C6CCC(=O)NC6=O)C7)C5)CC4)cn3)CC2)cc1Cl. The summed E-state index contributed by atoms with van der Waals surface area (Å²) in [5, 5.41) is 18.6. The lowest BCUT2D eigenvalue weighted by atomic mass is 9.88. The second-order valence-electron chi connectivity index (χ2n) is 15.5. The molecule has 56 heavy (non-hydrogen) atoms. The highest BCUT2D eigenvalue weighted by Gasteiger charge is 2.40. The van der Waals surface area contributed by atoms with Gasteiger partial charge in [0.15, 0.2) is 0 Å². The topological polar surface area (TPSA) is 179 Å². The van der Waals surface area contributed by atoms with Crippen molar-refractivity contribution in [3.63, 3.8) is 0 Å². The van der Waals surface area contributed by atoms with Crippen molar-refractivity contribution in [1.29, 1.82) is 5.26 Å². The third-order valence-corrected chi connectivity index (χ3v) is 12.1. The molecule has 14 nitrogen and oxygen atoms in total. The lowest BCUT2D eigenvalue weighted by Crippen LogP contribution is -2.52. The van der Waals surface area contributed by atoms with Crippen molar-refractivity contribution in [3.8, 4) is 17.6 Å². The molecular formula is C41H45ClN8O6. The van der Waals surface area contributed by atoms with Crippen LogP contribution in [0.4, 0.5) is 5.82 Å². The van der Waals surface area contributed by atoms with Crippen molar-refractivity contribution >= 4 is 41.0 Å². The largest absolute Gasteiger partial charge is 0.490 e. The van der Waals surface area contributed by atoms with Crippen molar-refractivity contribution in [3.05, 3.63) is 76.2 Å². The number of amides is 4. The van der Waals surface area contributed by atoms with Crippen LogP contribution in [0.3, 0.4) is 0 Å². The van der Waals surface area contributed by atoms with E-state index < -0.39 is 11.9 Å². The molecule has 2 aliphatic carbocycles. The number of halogens is 1. The summed E-state index contributed by atoms with van der Waals surface area (Å²) in [6, 6.07) is 12.5. The monoisotopic (exact) mass is 780 g/mol. The summed E-state index contributed by atoms with van der Waals surface area (Å²) in [4.78, 5) is 62.8. The molecule has 1 unspecified atom stereocenters. The number of rotatable bonds is 11. The van der Waals surface area contributed by atoms with E-state index in [-0.39, 0.29) is 42.4 Å². The van der Waals surface area contributed by atoms with E-state index >= 15 is 0 Å². The van der Waals surface area contributed by atoms with Crippen molar-refractivity contribution in [2.75, 3.05) is 24.5 Å². The summed E-state index contributed by atoms with van der Waals surface area (Å²) >= 11 is 6.14. The van der Waals surface area contributed by atoms with Gasteiger partial charge in [0.1, 0.15) is 41.2 Å². The van der Waals surface area contributed by atoms with Crippen LogP contribution in [0.1, 0.15) is 96.2 Å². The van der Waals surface area contributed by atoms with Crippen molar-refractivity contribution in [2.24, 2.45) is 5.92 Å². The number of aromatic nitrogens is 2. The maximum Gasteiger partial charge on any atom is 0.271 e. The molecule has 1 atom stereocenters. The molecule has 4 amide bonds. The van der Waals surface area contributed by atoms with E-state index in [2.05, 4.69) is 36.9 Å². The number of carbonyl (C=O) groups is 4. The Kier molecular flexibility index (Phi) is 11.1. The number of benzene rings is 2. The summed E-state index contributed by atoms with van der Waals surface area (Å²) in [6.45, 7) is 3.05. The van der Waals surface area contributed by atoms with Gasteiger partial charge in [0, 0.05) is 49.8 Å². The zero-order valence-electron chi connectivity index (χ0n) is 31.0. The molecule has 2 aromatic carbocycles. The van der Waals surface area contributed by atoms with E-state index in [9.17, 15) is 19.2 Å². The number of imide groups is 1. The van der Waals surface area contributed by atoms with Gasteiger partial charge in [-0.15, -0.1) is 0 Å². The second-order valence-corrected chi connectivity index (χ2v) is 16.0. The Bertz CT molecular complexity index is 2020. The molecule has 8 rings (SSSR count). The van der Waals surface area contributed by atoms with Gasteiger partial charge in [-0.25, -0.2) is 9.97 Å². The molecule has 4 heterocycles. The first-order chi connectivity index (χ1) is 27.2. The van der Waals surface area contributed by atoms with Crippen LogP contribution in [0.2, 0.25) is 5.02 Å². The van der Waals surface area contributed by atoms with E-state index in [1.54, 1.807) is 41.6 Å². The molecule has 4 fully saturated rings. The van der Waals surface area contributed by atoms with E-state index in [1.807, 2.05) is 12.1 Å². The van der Waals surface area contributed by atoms with Gasteiger partial charge in [-0.05, 0) is 100 Å². The summed E-state index contributed by atoms with van der Waals surface area (Å²) in [5.74, 6) is 1.52. The zero-order chi connectivity index (χ0) is 38.8. The smallest absolute Gasteiger partial charge is 0.271 e. The molecule has 1 aromatic heterocycles. The predicted octanol–water partition coefficient (Wildman–Crippen LogP) is 4.30. The van der Waals surface area contributed by atoms with Crippen LogP contribution < -0.4 is 30.3 Å². The number of fused-ring (bicyclic) bond motifs is 1. The lowest BCUT2D eigenvalue weighted by Gasteiger charge is -2.38. The average Bonchev–Trinajstić information content (AvgIpc) is 3.51. The quantitative estimate of drug-likeness (QED) is 0.236. The van der Waals surface area contributed by atoms with E-state index in [0.717, 1.165) is 82.4 Å². The summed E-state index contributed by atoms with van der Waals surface area (Å²) in [6.07, 6.45) is 11.0. The average molecular weight is 781 g/mol. The van der Waals surface area contributed by atoms with E-state index in [1.165, 1.54) is 0 Å². The Hall–Kier alpha value is -5.26. The Morgan fingerprint density at radius 2 is 1.66 bits per heavy atom. The number of ether oxygens (including phenoxy) is 2. The number of hydrogen-bond acceptors (Lipinski definition) is 11. The molecule has 3 aliphatic heterocycles. The Balaban J connectivity index is 0.713. The number of hydrogen-bond donors (Lipinski definition) is 3. The number of piperidine rings is 2. The van der Waals surface area contributed by atoms with Crippen LogP contribution >= 0.6 is 11.6 Å². The number of nitrogens with one attached hydrogen (secondary N) is 3. The molecule has 0 spiro atoms. The van der Waals surface area contributed by atoms with Gasteiger partial charge in [-0.2, -0.15) is 5.26 Å². The predicted molar refractivity (Wildman–Crippen MR) is 205 cm³/mol. The second kappa shape index (κ2) is 16.5. The molecule has 2 saturated carbocycles.